The number of hydrogen-bond donors (Lipinski definition) is 2. The Morgan fingerprint density at radius 1 is 1.35 bits per heavy atom. The number of amides is 1. The van der Waals surface area contributed by atoms with Gasteiger partial charge in [0.1, 0.15) is 5.82 Å². The van der Waals surface area contributed by atoms with Crippen LogP contribution in [0.5, 0.6) is 0 Å². The second-order valence-corrected chi connectivity index (χ2v) is 8.85. The molecule has 0 bridgehead atoms. The zero-order valence-electron chi connectivity index (χ0n) is 18.6. The SMILES string of the molecule is CCCCN(C[C@@H](C)O)C(=O)[C@H]1CCC2=C1[C@@H](C)C1=CNN(c3ccc(F)cc3)C1=C2. The Morgan fingerprint density at radius 3 is 2.77 bits per heavy atom. The van der Waals surface area contributed by atoms with Crippen molar-refractivity contribution in [3.8, 4) is 0 Å². The lowest BCUT2D eigenvalue weighted by Crippen LogP contribution is -2.41. The van der Waals surface area contributed by atoms with Crippen molar-refractivity contribution in [1.82, 2.24) is 10.3 Å². The fourth-order valence-corrected chi connectivity index (χ4v) is 5.03. The van der Waals surface area contributed by atoms with Gasteiger partial charge >= 0.3 is 0 Å². The molecule has 31 heavy (non-hydrogen) atoms. The summed E-state index contributed by atoms with van der Waals surface area (Å²) in [6, 6.07) is 6.45. The smallest absolute Gasteiger partial charge is 0.229 e. The summed E-state index contributed by atoms with van der Waals surface area (Å²) in [4.78, 5) is 15.3. The molecule has 0 unspecified atom stereocenters. The zero-order valence-corrected chi connectivity index (χ0v) is 18.6. The second kappa shape index (κ2) is 8.87. The molecule has 4 rings (SSSR count). The van der Waals surface area contributed by atoms with E-state index in [2.05, 4.69) is 25.3 Å². The van der Waals surface area contributed by atoms with Crippen LogP contribution in [0.1, 0.15) is 46.5 Å². The first-order valence-electron chi connectivity index (χ1n) is 11.3. The zero-order chi connectivity index (χ0) is 22.1. The van der Waals surface area contributed by atoms with Crippen LogP contribution in [-0.2, 0) is 4.79 Å². The van der Waals surface area contributed by atoms with E-state index in [0.717, 1.165) is 42.6 Å². The van der Waals surface area contributed by atoms with Gasteiger partial charge in [0.25, 0.3) is 0 Å². The summed E-state index contributed by atoms with van der Waals surface area (Å²) in [7, 11) is 0. The van der Waals surface area contributed by atoms with Crippen molar-refractivity contribution in [1.29, 1.82) is 0 Å². The molecule has 6 heteroatoms. The highest BCUT2D eigenvalue weighted by molar-refractivity contribution is 5.84. The molecule has 0 saturated heterocycles. The monoisotopic (exact) mass is 425 g/mol. The van der Waals surface area contributed by atoms with Crippen molar-refractivity contribution < 1.29 is 14.3 Å². The van der Waals surface area contributed by atoms with E-state index in [4.69, 9.17) is 0 Å². The highest BCUT2D eigenvalue weighted by atomic mass is 19.1. The predicted octanol–water partition coefficient (Wildman–Crippen LogP) is 4.28. The Bertz CT molecular complexity index is 933. The van der Waals surface area contributed by atoms with Gasteiger partial charge in [0.15, 0.2) is 0 Å². The number of fused-ring (bicyclic) bond motifs is 1. The third-order valence-corrected chi connectivity index (χ3v) is 6.54. The molecule has 0 fully saturated rings. The highest BCUT2D eigenvalue weighted by Gasteiger charge is 2.41. The maximum atomic E-state index is 13.5. The van der Waals surface area contributed by atoms with Crippen LogP contribution in [0.3, 0.4) is 0 Å². The number of halogens is 1. The summed E-state index contributed by atoms with van der Waals surface area (Å²) in [5.41, 5.74) is 8.85. The highest BCUT2D eigenvalue weighted by Crippen LogP contribution is 2.48. The minimum absolute atomic E-state index is 0.126. The quantitative estimate of drug-likeness (QED) is 0.685. The predicted molar refractivity (Wildman–Crippen MR) is 120 cm³/mol. The summed E-state index contributed by atoms with van der Waals surface area (Å²) < 4.78 is 13.4. The van der Waals surface area contributed by atoms with Gasteiger partial charge in [-0.3, -0.25) is 9.80 Å². The number of allylic oxidation sites excluding steroid dienone is 3. The topological polar surface area (TPSA) is 55.8 Å². The van der Waals surface area contributed by atoms with Crippen LogP contribution in [0, 0.1) is 17.7 Å². The van der Waals surface area contributed by atoms with E-state index in [-0.39, 0.29) is 23.6 Å². The summed E-state index contributed by atoms with van der Waals surface area (Å²) >= 11 is 0. The molecule has 1 aromatic carbocycles. The molecule has 0 saturated carbocycles. The van der Waals surface area contributed by atoms with Crippen LogP contribution in [-0.4, -0.2) is 35.1 Å². The van der Waals surface area contributed by atoms with E-state index in [1.165, 1.54) is 23.3 Å². The minimum atomic E-state index is -0.531. The maximum Gasteiger partial charge on any atom is 0.229 e. The number of aliphatic hydroxyl groups excluding tert-OH is 1. The molecule has 1 aliphatic heterocycles. The Morgan fingerprint density at radius 2 is 2.10 bits per heavy atom. The van der Waals surface area contributed by atoms with Crippen molar-refractivity contribution in [2.45, 2.75) is 52.6 Å². The molecule has 0 radical (unpaired) electrons. The summed E-state index contributed by atoms with van der Waals surface area (Å²) in [6.07, 6.45) is 7.30. The van der Waals surface area contributed by atoms with E-state index in [1.54, 1.807) is 19.1 Å². The van der Waals surface area contributed by atoms with Crippen molar-refractivity contribution in [3.05, 3.63) is 64.8 Å². The fourth-order valence-electron chi connectivity index (χ4n) is 5.03. The number of unbranched alkanes of at least 4 members (excludes halogenated alkanes) is 1. The average Bonchev–Trinajstić information content (AvgIpc) is 3.36. The summed E-state index contributed by atoms with van der Waals surface area (Å²) in [5.74, 6) is -0.109. The third-order valence-electron chi connectivity index (χ3n) is 6.54. The van der Waals surface area contributed by atoms with Gasteiger partial charge in [-0.15, -0.1) is 0 Å². The fraction of sp³-hybridized carbons (Fsp3) is 0.480. The summed E-state index contributed by atoms with van der Waals surface area (Å²) in [6.45, 7) is 7.10. The number of carbonyl (C=O) groups excluding carboxylic acids is 1. The molecule has 1 heterocycles. The molecule has 3 atom stereocenters. The number of aliphatic hydroxyl groups is 1. The lowest BCUT2D eigenvalue weighted by molar-refractivity contribution is -0.135. The van der Waals surface area contributed by atoms with Gasteiger partial charge in [-0.2, -0.15) is 0 Å². The van der Waals surface area contributed by atoms with E-state index in [9.17, 15) is 14.3 Å². The number of benzene rings is 1. The van der Waals surface area contributed by atoms with Gasteiger partial charge in [-0.25, -0.2) is 4.39 Å². The molecule has 2 N–H and O–H groups in total. The van der Waals surface area contributed by atoms with Crippen LogP contribution in [0.4, 0.5) is 10.1 Å². The Labute approximate surface area is 183 Å². The van der Waals surface area contributed by atoms with Crippen molar-refractivity contribution in [3.63, 3.8) is 0 Å². The van der Waals surface area contributed by atoms with Gasteiger partial charge in [-0.05, 0) is 67.7 Å². The van der Waals surface area contributed by atoms with Crippen molar-refractivity contribution >= 4 is 11.6 Å². The number of hydrazine groups is 1. The van der Waals surface area contributed by atoms with Crippen LogP contribution in [0.25, 0.3) is 0 Å². The van der Waals surface area contributed by atoms with E-state index in [1.807, 2.05) is 16.1 Å². The first-order valence-corrected chi connectivity index (χ1v) is 11.3. The molecule has 0 aromatic heterocycles. The molecule has 1 amide bonds. The number of nitrogens with one attached hydrogen (secondary N) is 1. The first kappa shape index (κ1) is 21.6. The van der Waals surface area contributed by atoms with E-state index < -0.39 is 6.10 Å². The van der Waals surface area contributed by atoms with Crippen LogP contribution >= 0.6 is 0 Å². The number of hydrogen-bond acceptors (Lipinski definition) is 4. The van der Waals surface area contributed by atoms with Gasteiger partial charge < -0.3 is 15.4 Å². The van der Waals surface area contributed by atoms with Crippen molar-refractivity contribution in [2.24, 2.45) is 11.8 Å². The van der Waals surface area contributed by atoms with Gasteiger partial charge in [0.2, 0.25) is 5.91 Å². The first-order chi connectivity index (χ1) is 14.9. The normalized spacial score (nSPS) is 23.1. The number of anilines is 1. The second-order valence-electron chi connectivity index (χ2n) is 8.85. The standard InChI is InChI=1S/C25H32FN3O2/c1-4-5-12-28(15-16(2)30)25(31)21-11-6-18-13-23-22(17(3)24(18)21)14-27-29(23)20-9-7-19(26)8-10-20/h7-10,13-14,16-17,21,27,30H,4-6,11-12,15H2,1-3H3/t16-,17+,21+/m1/s1. The summed E-state index contributed by atoms with van der Waals surface area (Å²) in [5, 5.41) is 11.9. The Kier molecular flexibility index (Phi) is 6.19. The lowest BCUT2D eigenvalue weighted by Gasteiger charge is -2.32. The van der Waals surface area contributed by atoms with Crippen molar-refractivity contribution in [2.75, 3.05) is 18.1 Å². The average molecular weight is 426 g/mol. The largest absolute Gasteiger partial charge is 0.392 e. The number of rotatable bonds is 7. The Hall–Kier alpha value is -2.60. The van der Waals surface area contributed by atoms with Crippen LogP contribution in [0.15, 0.2) is 59.0 Å². The minimum Gasteiger partial charge on any atom is -0.392 e. The molecule has 3 aliphatic rings. The van der Waals surface area contributed by atoms with Gasteiger partial charge in [0.05, 0.1) is 23.4 Å². The molecule has 2 aliphatic carbocycles. The third kappa shape index (κ3) is 4.13. The van der Waals surface area contributed by atoms with E-state index >= 15 is 0 Å². The molecule has 1 aromatic rings. The van der Waals surface area contributed by atoms with Crippen LogP contribution in [0.2, 0.25) is 0 Å². The molecular formula is C25H32FN3O2. The van der Waals surface area contributed by atoms with Crippen LogP contribution < -0.4 is 10.4 Å². The molecular weight excluding hydrogens is 393 g/mol. The molecule has 166 valence electrons. The number of nitrogens with zero attached hydrogens (tertiary/aromatic N) is 2. The van der Waals surface area contributed by atoms with Gasteiger partial charge in [0, 0.05) is 30.8 Å². The molecule has 0 spiro atoms. The van der Waals surface area contributed by atoms with Gasteiger partial charge in [-0.1, -0.05) is 20.3 Å². The van der Waals surface area contributed by atoms with E-state index in [0.29, 0.717) is 13.1 Å². The molecule has 5 nitrogen and oxygen atoms in total. The maximum absolute atomic E-state index is 13.5. The Balaban J connectivity index is 1.61. The lowest BCUT2D eigenvalue weighted by atomic mass is 9.80. The number of carbonyl (C=O) groups is 1.